The maximum Gasteiger partial charge on any atom is 0.248 e. The van der Waals surface area contributed by atoms with Crippen molar-refractivity contribution >= 4 is 37.3 Å². The lowest BCUT2D eigenvalue weighted by Gasteiger charge is -2.08. The van der Waals surface area contributed by atoms with Crippen LogP contribution in [0.5, 0.6) is 11.5 Å². The topological polar surface area (TPSA) is 87.0 Å². The monoisotopic (exact) mass is 474 g/mol. The minimum absolute atomic E-state index is 0.0295. The predicted octanol–water partition coefficient (Wildman–Crippen LogP) is 3.90. The molecular formula is C23H26N2O5S2. The van der Waals surface area contributed by atoms with Gasteiger partial charge in [-0.1, -0.05) is 35.1 Å². The molecule has 3 aromatic rings. The van der Waals surface area contributed by atoms with Crippen molar-refractivity contribution in [3.05, 3.63) is 59.4 Å². The Morgan fingerprint density at radius 2 is 1.78 bits per heavy atom. The summed E-state index contributed by atoms with van der Waals surface area (Å²) < 4.78 is 38.6. The van der Waals surface area contributed by atoms with Crippen molar-refractivity contribution < 1.29 is 22.7 Å². The van der Waals surface area contributed by atoms with Crippen LogP contribution in [0.3, 0.4) is 0 Å². The fourth-order valence-electron chi connectivity index (χ4n) is 3.28. The highest BCUT2D eigenvalue weighted by molar-refractivity contribution is 7.91. The van der Waals surface area contributed by atoms with Crippen molar-refractivity contribution in [3.63, 3.8) is 0 Å². The SMILES string of the molecule is C=CCn1c(=NC(=O)CCCS(=O)(=O)c2ccc(C)cc2)sc2c(OC)ccc(OC)c21. The lowest BCUT2D eigenvalue weighted by Crippen LogP contribution is -2.17. The summed E-state index contributed by atoms with van der Waals surface area (Å²) in [6.07, 6.45) is 1.93. The maximum absolute atomic E-state index is 12.6. The first-order valence-electron chi connectivity index (χ1n) is 10.0. The number of hydrogen-bond donors (Lipinski definition) is 0. The van der Waals surface area contributed by atoms with E-state index in [2.05, 4.69) is 11.6 Å². The zero-order valence-electron chi connectivity index (χ0n) is 18.3. The summed E-state index contributed by atoms with van der Waals surface area (Å²) >= 11 is 1.31. The Morgan fingerprint density at radius 3 is 2.41 bits per heavy atom. The number of allylic oxidation sites excluding steroid dienone is 1. The molecule has 0 fully saturated rings. The van der Waals surface area contributed by atoms with E-state index in [1.807, 2.05) is 11.5 Å². The fraction of sp³-hybridized carbons (Fsp3) is 0.304. The molecule has 1 heterocycles. The Bertz CT molecular complexity index is 1300. The molecule has 7 nitrogen and oxygen atoms in total. The number of sulfone groups is 1. The number of nitrogens with zero attached hydrogens (tertiary/aromatic N) is 2. The molecule has 1 aromatic heterocycles. The van der Waals surface area contributed by atoms with E-state index in [0.717, 1.165) is 15.8 Å². The summed E-state index contributed by atoms with van der Waals surface area (Å²) in [7, 11) is -0.288. The molecule has 170 valence electrons. The largest absolute Gasteiger partial charge is 0.495 e. The van der Waals surface area contributed by atoms with Gasteiger partial charge in [-0.05, 0) is 37.6 Å². The number of fused-ring (bicyclic) bond motifs is 1. The van der Waals surface area contributed by atoms with Crippen molar-refractivity contribution in [2.75, 3.05) is 20.0 Å². The zero-order valence-corrected chi connectivity index (χ0v) is 20.0. The number of carbonyl (C=O) groups is 1. The van der Waals surface area contributed by atoms with Crippen LogP contribution in [0.4, 0.5) is 0 Å². The van der Waals surface area contributed by atoms with Gasteiger partial charge in [-0.15, -0.1) is 6.58 Å². The lowest BCUT2D eigenvalue weighted by atomic mass is 10.2. The summed E-state index contributed by atoms with van der Waals surface area (Å²) in [6.45, 7) is 6.12. The first kappa shape index (κ1) is 23.7. The number of ether oxygens (including phenoxy) is 2. The fourth-order valence-corrected chi connectivity index (χ4v) is 5.75. The maximum atomic E-state index is 12.6. The van der Waals surface area contributed by atoms with Crippen molar-refractivity contribution in [1.82, 2.24) is 4.57 Å². The number of amides is 1. The number of rotatable bonds is 9. The van der Waals surface area contributed by atoms with Crippen LogP contribution in [0.2, 0.25) is 0 Å². The molecule has 0 aliphatic heterocycles. The Hall–Kier alpha value is -2.91. The van der Waals surface area contributed by atoms with Gasteiger partial charge >= 0.3 is 0 Å². The van der Waals surface area contributed by atoms with Crippen LogP contribution < -0.4 is 14.3 Å². The molecule has 3 rings (SSSR count). The number of hydrogen-bond acceptors (Lipinski definition) is 6. The molecule has 0 saturated heterocycles. The molecular weight excluding hydrogens is 448 g/mol. The smallest absolute Gasteiger partial charge is 0.248 e. The highest BCUT2D eigenvalue weighted by Crippen LogP contribution is 2.35. The molecule has 9 heteroatoms. The molecule has 0 radical (unpaired) electrons. The van der Waals surface area contributed by atoms with Crippen molar-refractivity contribution in [3.8, 4) is 11.5 Å². The van der Waals surface area contributed by atoms with E-state index in [-0.39, 0.29) is 29.4 Å². The Balaban J connectivity index is 1.85. The van der Waals surface area contributed by atoms with Gasteiger partial charge in [0.25, 0.3) is 0 Å². The highest BCUT2D eigenvalue weighted by Gasteiger charge is 2.17. The van der Waals surface area contributed by atoms with Crippen LogP contribution in [0.25, 0.3) is 10.2 Å². The van der Waals surface area contributed by atoms with E-state index in [1.165, 1.54) is 11.3 Å². The molecule has 2 aromatic carbocycles. The second-order valence-electron chi connectivity index (χ2n) is 7.17. The van der Waals surface area contributed by atoms with Gasteiger partial charge in [-0.3, -0.25) is 4.79 Å². The van der Waals surface area contributed by atoms with Crippen LogP contribution >= 0.6 is 11.3 Å². The molecule has 0 unspecified atom stereocenters. The van der Waals surface area contributed by atoms with Crippen LogP contribution in [-0.2, 0) is 21.2 Å². The van der Waals surface area contributed by atoms with E-state index in [4.69, 9.17) is 9.47 Å². The van der Waals surface area contributed by atoms with Crippen molar-refractivity contribution in [2.45, 2.75) is 31.2 Å². The van der Waals surface area contributed by atoms with E-state index in [1.54, 1.807) is 56.7 Å². The van der Waals surface area contributed by atoms with Gasteiger partial charge in [0.2, 0.25) is 5.91 Å². The van der Waals surface area contributed by atoms with Crippen molar-refractivity contribution in [2.24, 2.45) is 4.99 Å². The van der Waals surface area contributed by atoms with Gasteiger partial charge in [0.1, 0.15) is 21.7 Å². The molecule has 0 aliphatic rings. The molecule has 1 amide bonds. The summed E-state index contributed by atoms with van der Waals surface area (Å²) in [4.78, 5) is 17.6. The molecule has 0 atom stereocenters. The van der Waals surface area contributed by atoms with Crippen LogP contribution in [0, 0.1) is 6.92 Å². The molecule has 0 bridgehead atoms. The van der Waals surface area contributed by atoms with Gasteiger partial charge in [-0.25, -0.2) is 8.42 Å². The Kier molecular flexibility index (Phi) is 7.52. The van der Waals surface area contributed by atoms with E-state index in [0.29, 0.717) is 22.8 Å². The van der Waals surface area contributed by atoms with Crippen LogP contribution in [-0.4, -0.2) is 38.9 Å². The van der Waals surface area contributed by atoms with Gasteiger partial charge in [-0.2, -0.15) is 4.99 Å². The Morgan fingerprint density at radius 1 is 1.12 bits per heavy atom. The summed E-state index contributed by atoms with van der Waals surface area (Å²) in [5.41, 5.74) is 1.76. The third kappa shape index (κ3) is 5.11. The Labute approximate surface area is 191 Å². The number of thiazole rings is 1. The second-order valence-corrected chi connectivity index (χ2v) is 10.3. The molecule has 0 spiro atoms. The van der Waals surface area contributed by atoms with E-state index < -0.39 is 9.84 Å². The highest BCUT2D eigenvalue weighted by atomic mass is 32.2. The van der Waals surface area contributed by atoms with Gasteiger partial charge in [0.05, 0.1) is 24.9 Å². The average Bonchev–Trinajstić information content (AvgIpc) is 3.11. The summed E-state index contributed by atoms with van der Waals surface area (Å²) in [5.74, 6) is 0.794. The van der Waals surface area contributed by atoms with Crippen LogP contribution in [0.1, 0.15) is 18.4 Å². The molecule has 32 heavy (non-hydrogen) atoms. The quantitative estimate of drug-likeness (QED) is 0.439. The number of aromatic nitrogens is 1. The van der Waals surface area contributed by atoms with Crippen molar-refractivity contribution in [1.29, 1.82) is 0 Å². The average molecular weight is 475 g/mol. The summed E-state index contributed by atoms with van der Waals surface area (Å²) in [5, 5.41) is 0. The standard InChI is InChI=1S/C23H26N2O5S2/c1-5-14-25-21-18(29-3)12-13-19(30-4)22(21)31-23(25)24-20(26)7-6-15-32(27,28)17-10-8-16(2)9-11-17/h5,8-13H,1,6-7,14-15H2,2-4H3. The normalized spacial score (nSPS) is 12.2. The second kappa shape index (κ2) is 10.1. The number of benzene rings is 2. The van der Waals surface area contributed by atoms with Gasteiger partial charge in [0.15, 0.2) is 14.6 Å². The molecule has 0 aliphatic carbocycles. The van der Waals surface area contributed by atoms with E-state index >= 15 is 0 Å². The first-order valence-corrected chi connectivity index (χ1v) is 12.5. The minimum atomic E-state index is -3.44. The number of aryl methyl sites for hydroxylation is 1. The number of methoxy groups -OCH3 is 2. The number of carbonyl (C=O) groups excluding carboxylic acids is 1. The lowest BCUT2D eigenvalue weighted by molar-refractivity contribution is -0.118. The van der Waals surface area contributed by atoms with Crippen LogP contribution in [0.15, 0.2) is 58.9 Å². The van der Waals surface area contributed by atoms with E-state index in [9.17, 15) is 13.2 Å². The third-order valence-electron chi connectivity index (χ3n) is 4.91. The predicted molar refractivity (Wildman–Crippen MR) is 126 cm³/mol. The van der Waals surface area contributed by atoms with Gasteiger partial charge in [0, 0.05) is 13.0 Å². The molecule has 0 saturated carbocycles. The van der Waals surface area contributed by atoms with Gasteiger partial charge < -0.3 is 14.0 Å². The summed E-state index contributed by atoms with van der Waals surface area (Å²) in [6, 6.07) is 10.3. The zero-order chi connectivity index (χ0) is 23.3. The third-order valence-corrected chi connectivity index (χ3v) is 7.82. The minimum Gasteiger partial charge on any atom is -0.495 e. The first-order chi connectivity index (χ1) is 15.3. The molecule has 0 N–H and O–H groups in total.